The summed E-state index contributed by atoms with van der Waals surface area (Å²) in [4.78, 5) is 46.9. The lowest BCUT2D eigenvalue weighted by Gasteiger charge is -2.42. The van der Waals surface area contributed by atoms with Crippen molar-refractivity contribution in [1.82, 2.24) is 14.1 Å². The maximum Gasteiger partial charge on any atom is 0.414 e. The van der Waals surface area contributed by atoms with Gasteiger partial charge in [-0.3, -0.25) is 14.9 Å². The number of carbonyl (C=O) groups is 3. The van der Waals surface area contributed by atoms with E-state index in [1.54, 1.807) is 0 Å². The third-order valence-electron chi connectivity index (χ3n) is 8.18. The molecular formula is C29H46N4O9S. The summed E-state index contributed by atoms with van der Waals surface area (Å²) in [6.45, 7) is 6.68. The molecule has 2 aliphatic rings. The summed E-state index contributed by atoms with van der Waals surface area (Å²) in [7, 11) is -4.00. The van der Waals surface area contributed by atoms with Gasteiger partial charge in [0.15, 0.2) is 0 Å². The Morgan fingerprint density at radius 3 is 1.70 bits per heavy atom. The smallest absolute Gasteiger partial charge is 0.414 e. The van der Waals surface area contributed by atoms with Gasteiger partial charge in [0.05, 0.1) is 16.4 Å². The van der Waals surface area contributed by atoms with E-state index in [4.69, 9.17) is 19.8 Å². The van der Waals surface area contributed by atoms with Crippen LogP contribution in [-0.2, 0) is 24.4 Å². The van der Waals surface area contributed by atoms with Crippen molar-refractivity contribution in [3.8, 4) is 0 Å². The number of hydrogen-bond donors (Lipinski definition) is 2. The highest BCUT2D eigenvalue weighted by molar-refractivity contribution is 7.89. The highest BCUT2D eigenvalue weighted by Gasteiger charge is 2.35. The molecule has 1 amide bonds. The Hall–Kier alpha value is -3.10. The number of nitrogens with zero attached hydrogens (tertiary/aromatic N) is 4. The van der Waals surface area contributed by atoms with E-state index in [1.165, 1.54) is 41.4 Å². The van der Waals surface area contributed by atoms with E-state index < -0.39 is 26.9 Å². The molecule has 3 rings (SSSR count). The maximum atomic E-state index is 13.9. The van der Waals surface area contributed by atoms with Crippen molar-refractivity contribution in [2.24, 2.45) is 0 Å². The van der Waals surface area contributed by atoms with Crippen LogP contribution in [0.15, 0.2) is 29.2 Å². The van der Waals surface area contributed by atoms with Gasteiger partial charge in [0.2, 0.25) is 15.9 Å². The summed E-state index contributed by atoms with van der Waals surface area (Å²) >= 11 is 0. The number of sulfonamides is 1. The van der Waals surface area contributed by atoms with Gasteiger partial charge in [0.1, 0.15) is 0 Å². The Labute approximate surface area is 254 Å². The second-order valence-electron chi connectivity index (χ2n) is 11.0. The molecular weight excluding hydrogens is 580 g/mol. The summed E-state index contributed by atoms with van der Waals surface area (Å²) < 4.78 is 28.7. The minimum absolute atomic E-state index is 0.0179. The average molecular weight is 627 g/mol. The number of amides is 1. The van der Waals surface area contributed by atoms with Gasteiger partial charge in [0, 0.05) is 30.8 Å². The molecule has 2 N–H and O–H groups in total. The first-order valence-corrected chi connectivity index (χ1v) is 16.6. The Morgan fingerprint density at radius 1 is 0.837 bits per heavy atom. The lowest BCUT2D eigenvalue weighted by molar-refractivity contribution is -0.384. The highest BCUT2D eigenvalue weighted by atomic mass is 32.2. The fourth-order valence-electron chi connectivity index (χ4n) is 5.84. The Morgan fingerprint density at radius 2 is 1.30 bits per heavy atom. The number of nitro benzene ring substituents is 1. The molecule has 13 nitrogen and oxygen atoms in total. The van der Waals surface area contributed by atoms with E-state index in [-0.39, 0.29) is 41.7 Å². The predicted molar refractivity (Wildman–Crippen MR) is 160 cm³/mol. The molecule has 0 aromatic heterocycles. The van der Waals surface area contributed by atoms with Crippen molar-refractivity contribution in [2.75, 3.05) is 32.7 Å². The number of nitro groups is 1. The van der Waals surface area contributed by atoms with Crippen molar-refractivity contribution in [2.45, 2.75) is 101 Å². The van der Waals surface area contributed by atoms with Crippen LogP contribution in [0.4, 0.5) is 5.69 Å². The van der Waals surface area contributed by atoms with E-state index in [2.05, 4.69) is 23.6 Å². The summed E-state index contributed by atoms with van der Waals surface area (Å²) in [6.07, 6.45) is 11.4. The van der Waals surface area contributed by atoms with Crippen LogP contribution in [0.3, 0.4) is 0 Å². The van der Waals surface area contributed by atoms with Crippen molar-refractivity contribution in [3.63, 3.8) is 0 Å². The molecule has 0 unspecified atom stereocenters. The van der Waals surface area contributed by atoms with Crippen molar-refractivity contribution in [3.05, 3.63) is 34.4 Å². The monoisotopic (exact) mass is 626 g/mol. The largest absolute Gasteiger partial charge is 0.473 e. The average Bonchev–Trinajstić information content (AvgIpc) is 3.00. The SMILES string of the molecule is CCN(CC)CCCN(CC(=O)N(C1CCCCC1)C1CCCCC1)S(=O)(=O)c1ccc([N+](=O)[O-])cc1.O=C(O)C(=O)O. The van der Waals surface area contributed by atoms with Crippen LogP contribution in [0, 0.1) is 10.1 Å². The Bertz CT molecular complexity index is 1130. The van der Waals surface area contributed by atoms with Gasteiger partial charge >= 0.3 is 11.9 Å². The molecule has 14 heteroatoms. The van der Waals surface area contributed by atoms with Crippen molar-refractivity contribution >= 4 is 33.6 Å². The molecule has 0 radical (unpaired) electrons. The predicted octanol–water partition coefficient (Wildman–Crippen LogP) is 3.97. The molecule has 43 heavy (non-hydrogen) atoms. The number of carboxylic acid groups (broad SMARTS) is 2. The molecule has 2 aliphatic carbocycles. The zero-order chi connectivity index (χ0) is 32.0. The molecule has 0 aliphatic heterocycles. The van der Waals surface area contributed by atoms with E-state index in [9.17, 15) is 23.3 Å². The second kappa shape index (κ2) is 17.9. The van der Waals surface area contributed by atoms with E-state index in [1.807, 2.05) is 0 Å². The van der Waals surface area contributed by atoms with Gasteiger partial charge in [-0.1, -0.05) is 52.4 Å². The fourth-order valence-corrected chi connectivity index (χ4v) is 7.27. The van der Waals surface area contributed by atoms with Crippen LogP contribution in [0.1, 0.15) is 84.5 Å². The first-order chi connectivity index (χ1) is 20.4. The summed E-state index contributed by atoms with van der Waals surface area (Å²) in [6, 6.07) is 5.33. The zero-order valence-electron chi connectivity index (χ0n) is 25.2. The molecule has 1 aromatic carbocycles. The molecule has 242 valence electrons. The van der Waals surface area contributed by atoms with Gasteiger partial charge in [-0.25, -0.2) is 18.0 Å². The summed E-state index contributed by atoms with van der Waals surface area (Å²) in [5.74, 6) is -3.75. The summed E-state index contributed by atoms with van der Waals surface area (Å²) in [5.41, 5.74) is -0.163. The molecule has 2 saturated carbocycles. The second-order valence-corrected chi connectivity index (χ2v) is 12.9. The standard InChI is InChI=1S/C27H44N4O5S.C2H2O4/c1-3-28(4-2)20-11-21-29(37(35,36)26-18-16-25(17-19-26)31(33)34)22-27(32)30(23-12-7-5-8-13-23)24-14-9-6-10-15-24;3-1(4)2(5)6/h16-19,23-24H,3-15,20-22H2,1-2H3;(H,3,4)(H,5,6). The minimum Gasteiger partial charge on any atom is -0.473 e. The van der Waals surface area contributed by atoms with Crippen LogP contribution >= 0.6 is 0 Å². The van der Waals surface area contributed by atoms with Gasteiger partial charge in [-0.2, -0.15) is 4.31 Å². The van der Waals surface area contributed by atoms with Gasteiger partial charge in [-0.05, 0) is 63.9 Å². The lowest BCUT2D eigenvalue weighted by Crippen LogP contribution is -2.52. The van der Waals surface area contributed by atoms with Gasteiger partial charge < -0.3 is 20.0 Å². The molecule has 0 heterocycles. The number of carboxylic acids is 2. The van der Waals surface area contributed by atoms with Gasteiger partial charge in [-0.15, -0.1) is 0 Å². The number of aliphatic carboxylic acids is 2. The lowest BCUT2D eigenvalue weighted by atomic mass is 9.88. The zero-order valence-corrected chi connectivity index (χ0v) is 26.0. The van der Waals surface area contributed by atoms with Crippen LogP contribution in [0.25, 0.3) is 0 Å². The summed E-state index contributed by atoms with van der Waals surface area (Å²) in [5, 5.41) is 25.9. The molecule has 0 atom stereocenters. The van der Waals surface area contributed by atoms with Gasteiger partial charge in [0.25, 0.3) is 5.69 Å². The number of hydrogen-bond acceptors (Lipinski definition) is 8. The molecule has 1 aromatic rings. The van der Waals surface area contributed by atoms with E-state index >= 15 is 0 Å². The molecule has 2 fully saturated rings. The maximum absolute atomic E-state index is 13.9. The molecule has 0 bridgehead atoms. The first-order valence-electron chi connectivity index (χ1n) is 15.2. The minimum atomic E-state index is -4.00. The van der Waals surface area contributed by atoms with Crippen molar-refractivity contribution in [1.29, 1.82) is 0 Å². The number of rotatable bonds is 13. The Balaban J connectivity index is 0.000000973. The number of benzene rings is 1. The molecule has 0 spiro atoms. The van der Waals surface area contributed by atoms with E-state index in [0.29, 0.717) is 6.42 Å². The Kier molecular flexibility index (Phi) is 15.0. The quantitative estimate of drug-likeness (QED) is 0.185. The topological polar surface area (TPSA) is 179 Å². The molecule has 0 saturated heterocycles. The van der Waals surface area contributed by atoms with Crippen LogP contribution in [-0.4, -0.2) is 100 Å². The first kappa shape index (κ1) is 36.1. The van der Waals surface area contributed by atoms with Crippen LogP contribution < -0.4 is 0 Å². The number of non-ortho nitro benzene ring substituents is 1. The van der Waals surface area contributed by atoms with Crippen LogP contribution in [0.2, 0.25) is 0 Å². The third kappa shape index (κ3) is 11.2. The van der Waals surface area contributed by atoms with E-state index in [0.717, 1.165) is 71.0 Å². The third-order valence-corrected chi connectivity index (χ3v) is 10.0. The fraction of sp³-hybridized carbons (Fsp3) is 0.690. The highest BCUT2D eigenvalue weighted by Crippen LogP contribution is 2.31. The van der Waals surface area contributed by atoms with Crippen molar-refractivity contribution < 1.29 is 37.9 Å². The number of carbonyl (C=O) groups excluding carboxylic acids is 1. The normalized spacial score (nSPS) is 16.4. The van der Waals surface area contributed by atoms with Crippen LogP contribution in [0.5, 0.6) is 0 Å².